The quantitative estimate of drug-likeness (QED) is 0.740. The average Bonchev–Trinajstić information content (AvgIpc) is 2.49. The highest BCUT2D eigenvalue weighted by atomic mass is 35.5. The Labute approximate surface area is 80.6 Å². The van der Waals surface area contributed by atoms with Crippen LogP contribution < -0.4 is 0 Å². The average molecular weight is 197 g/mol. The molecule has 2 rings (SSSR count). The molecule has 0 spiro atoms. The zero-order chi connectivity index (χ0) is 9.26. The molecule has 2 aromatic heterocycles. The van der Waals surface area contributed by atoms with Crippen LogP contribution in [0.5, 0.6) is 0 Å². The Kier molecular flexibility index (Phi) is 2.20. The minimum absolute atomic E-state index is 0.113. The highest BCUT2D eigenvalue weighted by Gasteiger charge is 2.02. The lowest BCUT2D eigenvalue weighted by molar-refractivity contribution is 0.298. The summed E-state index contributed by atoms with van der Waals surface area (Å²) in [5.41, 5.74) is 1.67. The summed E-state index contributed by atoms with van der Waals surface area (Å²) in [5.74, 6) is 0. The van der Waals surface area contributed by atoms with Crippen molar-refractivity contribution in [2.24, 2.45) is 0 Å². The van der Waals surface area contributed by atoms with Gasteiger partial charge in [-0.05, 0) is 12.1 Å². The summed E-state index contributed by atoms with van der Waals surface area (Å²) in [6.45, 7) is 0.113. The van der Waals surface area contributed by atoms with E-state index in [1.54, 1.807) is 10.5 Å². The first-order valence-electron chi connectivity index (χ1n) is 4.04. The third-order valence-corrected chi connectivity index (χ3v) is 2.17. The molecule has 1 N–H and O–H groups in total. The van der Waals surface area contributed by atoms with E-state index in [0.29, 0.717) is 11.6 Å². The lowest BCUT2D eigenvalue weighted by Crippen LogP contribution is -1.89. The number of fused-ring (bicyclic) bond motifs is 1. The number of aliphatic hydroxyl groups excluding tert-OH is 1. The Hall–Kier alpha value is -1.06. The minimum atomic E-state index is 0.113. The van der Waals surface area contributed by atoms with Gasteiger partial charge in [-0.25, -0.2) is 4.98 Å². The second kappa shape index (κ2) is 3.36. The molecule has 68 valence electrons. The van der Waals surface area contributed by atoms with E-state index in [0.717, 1.165) is 11.3 Å². The maximum atomic E-state index is 8.73. The van der Waals surface area contributed by atoms with Crippen LogP contribution in [-0.2, 0) is 6.42 Å². The molecule has 0 aliphatic carbocycles. The van der Waals surface area contributed by atoms with Gasteiger partial charge in [0, 0.05) is 19.2 Å². The summed E-state index contributed by atoms with van der Waals surface area (Å²) in [6.07, 6.45) is 2.41. The van der Waals surface area contributed by atoms with E-state index in [2.05, 4.69) is 4.98 Å². The fourth-order valence-electron chi connectivity index (χ4n) is 1.26. The third kappa shape index (κ3) is 1.53. The number of aliphatic hydroxyl groups is 1. The first kappa shape index (κ1) is 8.53. The van der Waals surface area contributed by atoms with Crippen LogP contribution in [0.15, 0.2) is 24.4 Å². The molecule has 0 atom stereocenters. The number of halogens is 1. The maximum Gasteiger partial charge on any atom is 0.138 e. The molecule has 0 amide bonds. The first-order chi connectivity index (χ1) is 6.31. The van der Waals surface area contributed by atoms with Gasteiger partial charge in [-0.15, -0.1) is 0 Å². The number of aromatic nitrogens is 2. The van der Waals surface area contributed by atoms with Crippen molar-refractivity contribution in [3.05, 3.63) is 35.2 Å². The molecule has 0 fully saturated rings. The minimum Gasteiger partial charge on any atom is -0.396 e. The number of rotatable bonds is 2. The maximum absolute atomic E-state index is 8.73. The summed E-state index contributed by atoms with van der Waals surface area (Å²) < 4.78 is 1.80. The van der Waals surface area contributed by atoms with Crippen molar-refractivity contribution in [2.45, 2.75) is 6.42 Å². The van der Waals surface area contributed by atoms with Crippen LogP contribution in [0.25, 0.3) is 5.65 Å². The van der Waals surface area contributed by atoms with Crippen molar-refractivity contribution in [2.75, 3.05) is 6.61 Å². The molecule has 4 heteroatoms. The summed E-state index contributed by atoms with van der Waals surface area (Å²) in [4.78, 5) is 4.28. The van der Waals surface area contributed by atoms with Gasteiger partial charge in [0.15, 0.2) is 0 Å². The smallest absolute Gasteiger partial charge is 0.138 e. The number of hydrogen-bond acceptors (Lipinski definition) is 2. The lowest BCUT2D eigenvalue weighted by Gasteiger charge is -1.93. The second-order valence-corrected chi connectivity index (χ2v) is 3.17. The Morgan fingerprint density at radius 1 is 1.46 bits per heavy atom. The monoisotopic (exact) mass is 196 g/mol. The van der Waals surface area contributed by atoms with Gasteiger partial charge in [0.1, 0.15) is 10.8 Å². The Morgan fingerprint density at radius 2 is 2.31 bits per heavy atom. The molecule has 0 saturated carbocycles. The fourth-order valence-corrected chi connectivity index (χ4v) is 1.47. The van der Waals surface area contributed by atoms with Crippen LogP contribution in [-0.4, -0.2) is 21.1 Å². The standard InChI is InChI=1S/C9H9ClN2O/c10-8-2-1-3-9-11-7(4-5-13)6-12(8)9/h1-3,6,13H,4-5H2. The molecule has 3 nitrogen and oxygen atoms in total. The van der Waals surface area contributed by atoms with Gasteiger partial charge in [-0.3, -0.25) is 4.40 Å². The van der Waals surface area contributed by atoms with Crippen LogP contribution in [0.3, 0.4) is 0 Å². The zero-order valence-corrected chi connectivity index (χ0v) is 7.70. The van der Waals surface area contributed by atoms with Crippen molar-refractivity contribution in [1.29, 1.82) is 0 Å². The van der Waals surface area contributed by atoms with Crippen molar-refractivity contribution in [3.8, 4) is 0 Å². The molecule has 0 aliphatic heterocycles. The molecule has 0 radical (unpaired) electrons. The lowest BCUT2D eigenvalue weighted by atomic mass is 10.4. The SMILES string of the molecule is OCCc1cn2c(Cl)cccc2n1. The Morgan fingerprint density at radius 3 is 3.00 bits per heavy atom. The van der Waals surface area contributed by atoms with Gasteiger partial charge in [-0.2, -0.15) is 0 Å². The second-order valence-electron chi connectivity index (χ2n) is 2.78. The molecule has 0 aliphatic rings. The van der Waals surface area contributed by atoms with E-state index in [1.165, 1.54) is 0 Å². The van der Waals surface area contributed by atoms with Crippen molar-refractivity contribution >= 4 is 17.2 Å². The van der Waals surface area contributed by atoms with Crippen molar-refractivity contribution < 1.29 is 5.11 Å². The highest BCUT2D eigenvalue weighted by molar-refractivity contribution is 6.29. The van der Waals surface area contributed by atoms with Gasteiger partial charge in [0.05, 0.1) is 5.69 Å². The van der Waals surface area contributed by atoms with Gasteiger partial charge in [-0.1, -0.05) is 17.7 Å². The van der Waals surface area contributed by atoms with Crippen LogP contribution in [0.4, 0.5) is 0 Å². The number of nitrogens with zero attached hydrogens (tertiary/aromatic N) is 2. The van der Waals surface area contributed by atoms with Gasteiger partial charge >= 0.3 is 0 Å². The van der Waals surface area contributed by atoms with Crippen LogP contribution in [0.2, 0.25) is 5.15 Å². The van der Waals surface area contributed by atoms with Gasteiger partial charge in [0.25, 0.3) is 0 Å². The zero-order valence-electron chi connectivity index (χ0n) is 6.94. The van der Waals surface area contributed by atoms with E-state index < -0.39 is 0 Å². The topological polar surface area (TPSA) is 37.5 Å². The summed E-state index contributed by atoms with van der Waals surface area (Å²) in [5, 5.41) is 9.37. The molecule has 2 aromatic rings. The van der Waals surface area contributed by atoms with Crippen LogP contribution in [0.1, 0.15) is 5.69 Å². The van der Waals surface area contributed by atoms with Crippen molar-refractivity contribution in [3.63, 3.8) is 0 Å². The fraction of sp³-hybridized carbons (Fsp3) is 0.222. The van der Waals surface area contributed by atoms with E-state index >= 15 is 0 Å². The van der Waals surface area contributed by atoms with Crippen LogP contribution in [0, 0.1) is 0 Å². The Balaban J connectivity index is 2.55. The molecule has 0 aromatic carbocycles. The molecule has 2 heterocycles. The highest BCUT2D eigenvalue weighted by Crippen LogP contribution is 2.13. The number of imidazole rings is 1. The van der Waals surface area contributed by atoms with Crippen LogP contribution >= 0.6 is 11.6 Å². The summed E-state index contributed by atoms with van der Waals surface area (Å²) in [6, 6.07) is 5.54. The van der Waals surface area contributed by atoms with Gasteiger partial charge in [0.2, 0.25) is 0 Å². The molecule has 0 bridgehead atoms. The number of hydrogen-bond donors (Lipinski definition) is 1. The van der Waals surface area contributed by atoms with E-state index in [1.807, 2.05) is 18.3 Å². The predicted octanol–water partition coefficient (Wildman–Crippen LogP) is 1.52. The molecule has 0 saturated heterocycles. The van der Waals surface area contributed by atoms with Gasteiger partial charge < -0.3 is 5.11 Å². The van der Waals surface area contributed by atoms with Crippen molar-refractivity contribution in [1.82, 2.24) is 9.38 Å². The van der Waals surface area contributed by atoms with E-state index in [-0.39, 0.29) is 6.61 Å². The largest absolute Gasteiger partial charge is 0.396 e. The first-order valence-corrected chi connectivity index (χ1v) is 4.42. The normalized spacial score (nSPS) is 10.9. The molecular formula is C9H9ClN2O. The predicted molar refractivity (Wildman–Crippen MR) is 51.0 cm³/mol. The molecule has 0 unspecified atom stereocenters. The Bertz CT molecular complexity index is 424. The summed E-state index contributed by atoms with van der Waals surface area (Å²) >= 11 is 5.93. The molecule has 13 heavy (non-hydrogen) atoms. The van der Waals surface area contributed by atoms with E-state index in [9.17, 15) is 0 Å². The van der Waals surface area contributed by atoms with E-state index in [4.69, 9.17) is 16.7 Å². The third-order valence-electron chi connectivity index (χ3n) is 1.86. The number of pyridine rings is 1. The summed E-state index contributed by atoms with van der Waals surface area (Å²) in [7, 11) is 0. The molecular weight excluding hydrogens is 188 g/mol.